The highest BCUT2D eigenvalue weighted by Gasteiger charge is 2.19. The number of nitrogens with zero attached hydrogens (tertiary/aromatic N) is 2. The van der Waals surface area contributed by atoms with Crippen LogP contribution in [-0.4, -0.2) is 15.1 Å². The van der Waals surface area contributed by atoms with Gasteiger partial charge in [0.05, 0.1) is 11.3 Å². The Morgan fingerprint density at radius 1 is 0.781 bits per heavy atom. The second-order valence-electron chi connectivity index (χ2n) is 8.95. The molecule has 0 fully saturated rings. The van der Waals surface area contributed by atoms with Crippen molar-refractivity contribution in [1.29, 1.82) is 0 Å². The highest BCUT2D eigenvalue weighted by molar-refractivity contribution is 5.93. The van der Waals surface area contributed by atoms with Gasteiger partial charge in [0.1, 0.15) is 11.3 Å². The summed E-state index contributed by atoms with van der Waals surface area (Å²) in [5.41, 5.74) is 7.25. The van der Waals surface area contributed by atoms with Crippen molar-refractivity contribution in [2.24, 2.45) is 0 Å². The average molecular weight is 421 g/mol. The summed E-state index contributed by atoms with van der Waals surface area (Å²) in [6, 6.07) is 25.6. The number of aromatic hydroxyl groups is 1. The fourth-order valence-electron chi connectivity index (χ4n) is 3.85. The maximum atomic E-state index is 10.3. The maximum absolute atomic E-state index is 10.3. The number of para-hydroxylation sites is 2. The van der Waals surface area contributed by atoms with Crippen LogP contribution in [0.2, 0.25) is 0 Å². The molecule has 4 heteroatoms. The lowest BCUT2D eigenvalue weighted by Crippen LogP contribution is -2.11. The van der Waals surface area contributed by atoms with E-state index in [0.717, 1.165) is 27.9 Å². The first-order valence-electron chi connectivity index (χ1n) is 10.7. The van der Waals surface area contributed by atoms with E-state index in [1.54, 1.807) is 18.2 Å². The number of oxazole rings is 1. The monoisotopic (exact) mass is 420 g/mol. The van der Waals surface area contributed by atoms with Crippen LogP contribution in [0, 0.1) is 0 Å². The topological polar surface area (TPSA) is 59.2 Å². The molecule has 0 aliphatic heterocycles. The Balaban J connectivity index is 1.72. The highest BCUT2D eigenvalue weighted by Crippen LogP contribution is 2.37. The van der Waals surface area contributed by atoms with Crippen LogP contribution in [0.4, 0.5) is 0 Å². The normalized spacial score (nSPS) is 11.7. The van der Waals surface area contributed by atoms with Crippen molar-refractivity contribution in [3.8, 4) is 39.6 Å². The Morgan fingerprint density at radius 2 is 1.53 bits per heavy atom. The molecule has 0 saturated heterocycles. The number of hydrogen-bond donors (Lipinski definition) is 1. The Labute approximate surface area is 187 Å². The minimum absolute atomic E-state index is 0.0295. The molecule has 0 aliphatic rings. The van der Waals surface area contributed by atoms with Gasteiger partial charge in [0.25, 0.3) is 0 Å². The van der Waals surface area contributed by atoms with Gasteiger partial charge < -0.3 is 9.52 Å². The molecule has 0 aliphatic carbocycles. The molecule has 1 N–H and O–H groups in total. The molecule has 5 aromatic rings. The van der Waals surface area contributed by atoms with E-state index < -0.39 is 0 Å². The predicted octanol–water partition coefficient (Wildman–Crippen LogP) is 7.23. The van der Waals surface area contributed by atoms with E-state index in [9.17, 15) is 5.11 Å². The van der Waals surface area contributed by atoms with Gasteiger partial charge in [-0.1, -0.05) is 57.2 Å². The maximum Gasteiger partial charge on any atom is 0.231 e. The van der Waals surface area contributed by atoms with Crippen molar-refractivity contribution in [3.63, 3.8) is 0 Å². The Hall–Kier alpha value is -3.92. The van der Waals surface area contributed by atoms with Gasteiger partial charge in [-0.2, -0.15) is 0 Å². The third-order valence-electron chi connectivity index (χ3n) is 5.62. The number of hydrogen-bond acceptors (Lipinski definition) is 4. The number of benzene rings is 3. The summed E-state index contributed by atoms with van der Waals surface area (Å²) < 4.78 is 6.03. The molecule has 0 radical (unpaired) electrons. The summed E-state index contributed by atoms with van der Waals surface area (Å²) in [6.07, 6.45) is 1.82. The van der Waals surface area contributed by atoms with Crippen LogP contribution >= 0.6 is 0 Å². The lowest BCUT2D eigenvalue weighted by molar-refractivity contribution is 0.474. The molecular formula is C28H24N2O2. The molecule has 2 aromatic heterocycles. The van der Waals surface area contributed by atoms with Crippen LogP contribution in [0.5, 0.6) is 5.75 Å². The summed E-state index contributed by atoms with van der Waals surface area (Å²) in [7, 11) is 0. The summed E-state index contributed by atoms with van der Waals surface area (Å²) in [6.45, 7) is 6.63. The van der Waals surface area contributed by atoms with Crippen LogP contribution < -0.4 is 0 Å². The highest BCUT2D eigenvalue weighted by atomic mass is 16.3. The van der Waals surface area contributed by atoms with E-state index >= 15 is 0 Å². The van der Waals surface area contributed by atoms with Gasteiger partial charge in [-0.05, 0) is 59.0 Å². The van der Waals surface area contributed by atoms with Crippen molar-refractivity contribution in [1.82, 2.24) is 9.97 Å². The van der Waals surface area contributed by atoms with E-state index in [1.807, 2.05) is 42.6 Å². The number of phenols is 1. The van der Waals surface area contributed by atoms with Crippen LogP contribution in [0.25, 0.3) is 44.9 Å². The average Bonchev–Trinajstić information content (AvgIpc) is 3.23. The van der Waals surface area contributed by atoms with Crippen LogP contribution in [-0.2, 0) is 5.41 Å². The Kier molecular flexibility index (Phi) is 4.78. The molecule has 0 amide bonds. The zero-order chi connectivity index (χ0) is 22.3. The first-order valence-corrected chi connectivity index (χ1v) is 10.7. The molecule has 0 unspecified atom stereocenters. The van der Waals surface area contributed by atoms with Gasteiger partial charge >= 0.3 is 0 Å². The molecule has 158 valence electrons. The smallest absolute Gasteiger partial charge is 0.231 e. The zero-order valence-electron chi connectivity index (χ0n) is 18.3. The van der Waals surface area contributed by atoms with Crippen LogP contribution in [0.15, 0.2) is 89.5 Å². The largest absolute Gasteiger partial charge is 0.507 e. The van der Waals surface area contributed by atoms with Crippen LogP contribution in [0.1, 0.15) is 26.3 Å². The molecule has 0 bridgehead atoms. The van der Waals surface area contributed by atoms with Crippen molar-refractivity contribution in [2.75, 3.05) is 0 Å². The second-order valence-corrected chi connectivity index (χ2v) is 8.95. The van der Waals surface area contributed by atoms with Gasteiger partial charge in [-0.3, -0.25) is 4.98 Å². The SMILES string of the molecule is CC(C)(C)c1cc(-c2ccccn2)cc(-c2cccc3oc(-c4ccccc4O)nc23)c1. The molecule has 32 heavy (non-hydrogen) atoms. The number of pyridine rings is 1. The van der Waals surface area contributed by atoms with Crippen molar-refractivity contribution >= 4 is 11.1 Å². The van der Waals surface area contributed by atoms with Gasteiger partial charge in [0.2, 0.25) is 5.89 Å². The van der Waals surface area contributed by atoms with E-state index in [1.165, 1.54) is 5.56 Å². The molecule has 0 spiro atoms. The first kappa shape index (κ1) is 20.0. The summed E-state index contributed by atoms with van der Waals surface area (Å²) in [5, 5.41) is 10.3. The molecule has 4 nitrogen and oxygen atoms in total. The zero-order valence-corrected chi connectivity index (χ0v) is 18.3. The van der Waals surface area contributed by atoms with E-state index in [0.29, 0.717) is 17.0 Å². The Bertz CT molecular complexity index is 1410. The van der Waals surface area contributed by atoms with E-state index in [2.05, 4.69) is 50.0 Å². The van der Waals surface area contributed by atoms with Gasteiger partial charge in [0, 0.05) is 17.3 Å². The quantitative estimate of drug-likeness (QED) is 0.334. The summed E-state index contributed by atoms with van der Waals surface area (Å²) in [5.74, 6) is 0.551. The lowest BCUT2D eigenvalue weighted by Gasteiger charge is -2.21. The summed E-state index contributed by atoms with van der Waals surface area (Å²) >= 11 is 0. The third kappa shape index (κ3) is 3.65. The van der Waals surface area contributed by atoms with Crippen molar-refractivity contribution < 1.29 is 9.52 Å². The molecule has 3 aromatic carbocycles. The molecule has 0 saturated carbocycles. The molecular weight excluding hydrogens is 396 g/mol. The third-order valence-corrected chi connectivity index (χ3v) is 5.62. The number of phenolic OH excluding ortho intramolecular Hbond substituents is 1. The van der Waals surface area contributed by atoms with Crippen LogP contribution in [0.3, 0.4) is 0 Å². The molecule has 2 heterocycles. The number of rotatable bonds is 3. The molecule has 5 rings (SSSR count). The number of fused-ring (bicyclic) bond motifs is 1. The van der Waals surface area contributed by atoms with Crippen molar-refractivity contribution in [3.05, 3.63) is 90.6 Å². The van der Waals surface area contributed by atoms with Gasteiger partial charge in [-0.25, -0.2) is 4.98 Å². The minimum Gasteiger partial charge on any atom is -0.507 e. The first-order chi connectivity index (χ1) is 15.4. The van der Waals surface area contributed by atoms with Gasteiger partial charge in [-0.15, -0.1) is 0 Å². The Morgan fingerprint density at radius 3 is 2.28 bits per heavy atom. The lowest BCUT2D eigenvalue weighted by atomic mass is 9.83. The van der Waals surface area contributed by atoms with Crippen molar-refractivity contribution in [2.45, 2.75) is 26.2 Å². The fraction of sp³-hybridized carbons (Fsp3) is 0.143. The van der Waals surface area contributed by atoms with Gasteiger partial charge in [0.15, 0.2) is 5.58 Å². The summed E-state index contributed by atoms with van der Waals surface area (Å²) in [4.78, 5) is 9.33. The van der Waals surface area contributed by atoms with E-state index in [-0.39, 0.29) is 11.2 Å². The minimum atomic E-state index is -0.0295. The standard InChI is InChI=1S/C28H24N2O2/c1-28(2,3)20-16-18(15-19(17-20)23-11-6-7-14-29-23)21-10-8-13-25-26(21)30-27(32-25)22-9-4-5-12-24(22)31/h4-17,31H,1-3H3. The number of aromatic nitrogens is 2. The van der Waals surface area contributed by atoms with E-state index in [4.69, 9.17) is 9.40 Å². The molecule has 0 atom stereocenters. The predicted molar refractivity (Wildman–Crippen MR) is 128 cm³/mol. The fourth-order valence-corrected chi connectivity index (χ4v) is 3.85. The second kappa shape index (κ2) is 7.65.